The summed E-state index contributed by atoms with van der Waals surface area (Å²) in [6.07, 6.45) is 0.235. The van der Waals surface area contributed by atoms with E-state index in [1.165, 1.54) is 24.3 Å². The molecule has 2 atom stereocenters. The van der Waals surface area contributed by atoms with E-state index in [0.717, 1.165) is 11.8 Å². The van der Waals surface area contributed by atoms with Crippen molar-refractivity contribution >= 4 is 31.3 Å². The summed E-state index contributed by atoms with van der Waals surface area (Å²) >= 11 is 0.970. The smallest absolute Gasteiger partial charge is 0.368 e. The van der Waals surface area contributed by atoms with Crippen LogP contribution in [0.1, 0.15) is 82.4 Å². The van der Waals surface area contributed by atoms with Crippen LogP contribution in [0.5, 0.6) is 0 Å². The number of amides is 1. The Hall–Kier alpha value is -2.99. The summed E-state index contributed by atoms with van der Waals surface area (Å²) < 4.78 is 44.7. The Morgan fingerprint density at radius 2 is 1.71 bits per heavy atom. The van der Waals surface area contributed by atoms with Crippen molar-refractivity contribution in [1.29, 1.82) is 10.5 Å². The van der Waals surface area contributed by atoms with Gasteiger partial charge in [-0.3, -0.25) is 18.4 Å². The number of aromatic nitrogens is 1. The molecule has 2 aromatic rings. The van der Waals surface area contributed by atoms with Crippen LogP contribution in [-0.2, 0) is 29.4 Å². The summed E-state index contributed by atoms with van der Waals surface area (Å²) in [5.74, 6) is -0.843. The predicted molar refractivity (Wildman–Crippen MR) is 158 cm³/mol. The molecule has 1 fully saturated rings. The quantitative estimate of drug-likeness (QED) is 0.242. The number of nitrogens with two attached hydrogens (primary N) is 1. The Balaban J connectivity index is 2.00. The van der Waals surface area contributed by atoms with Gasteiger partial charge in [0.25, 0.3) is 0 Å². The minimum Gasteiger partial charge on any atom is -0.368 e. The summed E-state index contributed by atoms with van der Waals surface area (Å²) in [6, 6.07) is 9.68. The zero-order valence-electron chi connectivity index (χ0n) is 24.9. The molecule has 1 aromatic carbocycles. The molecule has 226 valence electrons. The Morgan fingerprint density at radius 1 is 1.14 bits per heavy atom. The Morgan fingerprint density at radius 3 is 2.19 bits per heavy atom. The van der Waals surface area contributed by atoms with Crippen molar-refractivity contribution in [2.45, 2.75) is 88.9 Å². The fourth-order valence-electron chi connectivity index (χ4n) is 4.46. The molecule has 0 spiro atoms. The SMILES string of the molecule is CCc1c(C#N)c(SC(C(N)=O)c2ccc(F)cc2)nc(N2CC[C@H](OP(=O)(OC(C)(C)C)OC(C)(C)C)C2)c1C#N. The van der Waals surface area contributed by atoms with Gasteiger partial charge in [-0.05, 0) is 77.6 Å². The number of benzene rings is 1. The number of anilines is 1. The summed E-state index contributed by atoms with van der Waals surface area (Å²) in [5, 5.41) is 19.4. The molecule has 2 heterocycles. The molecule has 10 nitrogen and oxygen atoms in total. The molecule has 1 saturated heterocycles. The van der Waals surface area contributed by atoms with Crippen molar-refractivity contribution < 1.29 is 27.3 Å². The largest absolute Gasteiger partial charge is 0.476 e. The van der Waals surface area contributed by atoms with Crippen LogP contribution < -0.4 is 10.6 Å². The Kier molecular flexibility index (Phi) is 10.5. The van der Waals surface area contributed by atoms with Crippen LogP contribution in [0.15, 0.2) is 29.3 Å². The Labute approximate surface area is 250 Å². The number of nitrogens with zero attached hydrogens (tertiary/aromatic N) is 4. The number of hydrogen-bond donors (Lipinski definition) is 1. The van der Waals surface area contributed by atoms with Crippen molar-refractivity contribution in [3.63, 3.8) is 0 Å². The highest BCUT2D eigenvalue weighted by molar-refractivity contribution is 8.00. The van der Waals surface area contributed by atoms with E-state index in [-0.39, 0.29) is 22.7 Å². The second-order valence-corrected chi connectivity index (χ2v) is 14.4. The second kappa shape index (κ2) is 13.1. The van der Waals surface area contributed by atoms with Gasteiger partial charge in [0.15, 0.2) is 0 Å². The molecule has 1 aliphatic rings. The van der Waals surface area contributed by atoms with Crippen LogP contribution in [0.25, 0.3) is 0 Å². The lowest BCUT2D eigenvalue weighted by Gasteiger charge is -2.32. The number of primary amides is 1. The standard InChI is InChI=1S/C29H37FN5O5PS/c1-8-21-22(15-31)26(34-27(23(21)16-32)42-24(25(33)36)18-9-11-19(30)12-10-18)35-14-13-20(17-35)38-41(37,39-28(2,3)4)40-29(5,6)7/h9-12,20,24H,8,13-14,17H2,1-7H3,(H2,33,36)/t20-,24?/m0/s1. The van der Waals surface area contributed by atoms with Crippen LogP contribution in [0.4, 0.5) is 10.2 Å². The third kappa shape index (κ3) is 8.53. The molecule has 0 saturated carbocycles. The van der Waals surface area contributed by atoms with Crippen LogP contribution in [0.2, 0.25) is 0 Å². The lowest BCUT2D eigenvalue weighted by atomic mass is 10.0. The van der Waals surface area contributed by atoms with Crippen molar-refractivity contribution in [2.75, 3.05) is 18.0 Å². The average Bonchev–Trinajstić information content (AvgIpc) is 3.31. The molecule has 42 heavy (non-hydrogen) atoms. The van der Waals surface area contributed by atoms with Crippen molar-refractivity contribution in [3.05, 3.63) is 52.3 Å². The lowest BCUT2D eigenvalue weighted by Crippen LogP contribution is -2.29. The molecule has 1 unspecified atom stereocenters. The van der Waals surface area contributed by atoms with Gasteiger partial charge in [-0.2, -0.15) is 10.5 Å². The maximum absolute atomic E-state index is 13.7. The maximum atomic E-state index is 13.7. The Bertz CT molecular complexity index is 1420. The van der Waals surface area contributed by atoms with Crippen LogP contribution in [0.3, 0.4) is 0 Å². The molecule has 1 aliphatic heterocycles. The number of pyridine rings is 1. The normalized spacial score (nSPS) is 16.6. The van der Waals surface area contributed by atoms with Crippen LogP contribution in [-0.4, -0.2) is 41.3 Å². The second-order valence-electron chi connectivity index (χ2n) is 11.8. The number of thioether (sulfide) groups is 1. The number of carbonyl (C=O) groups is 1. The molecule has 13 heteroatoms. The summed E-state index contributed by atoms with van der Waals surface area (Å²) in [6.45, 7) is 13.0. The predicted octanol–water partition coefficient (Wildman–Crippen LogP) is 6.18. The number of halogens is 1. The van der Waals surface area contributed by atoms with E-state index >= 15 is 0 Å². The van der Waals surface area contributed by atoms with Crippen molar-refractivity contribution in [2.24, 2.45) is 5.73 Å². The van der Waals surface area contributed by atoms with E-state index in [9.17, 15) is 24.3 Å². The number of phosphoric acid groups is 1. The average molecular weight is 618 g/mol. The molecular weight excluding hydrogens is 580 g/mol. The number of nitriles is 2. The van der Waals surface area contributed by atoms with Gasteiger partial charge >= 0.3 is 7.82 Å². The van der Waals surface area contributed by atoms with E-state index in [4.69, 9.17) is 24.3 Å². The number of phosphoric ester groups is 1. The monoisotopic (exact) mass is 617 g/mol. The fraction of sp³-hybridized carbons (Fsp3) is 0.517. The zero-order valence-corrected chi connectivity index (χ0v) is 26.6. The summed E-state index contributed by atoms with van der Waals surface area (Å²) in [5.41, 5.74) is 5.44. The van der Waals surface area contributed by atoms with E-state index in [0.29, 0.717) is 36.3 Å². The summed E-state index contributed by atoms with van der Waals surface area (Å²) in [4.78, 5) is 19.0. The summed E-state index contributed by atoms with van der Waals surface area (Å²) in [7, 11) is -3.99. The van der Waals surface area contributed by atoms with E-state index in [2.05, 4.69) is 12.1 Å². The van der Waals surface area contributed by atoms with E-state index in [1.54, 1.807) is 41.5 Å². The van der Waals surface area contributed by atoms with Gasteiger partial charge < -0.3 is 10.6 Å². The van der Waals surface area contributed by atoms with Gasteiger partial charge in [0, 0.05) is 13.1 Å². The first-order valence-corrected chi connectivity index (χ1v) is 15.9. The highest BCUT2D eigenvalue weighted by Gasteiger charge is 2.41. The molecule has 2 N–H and O–H groups in total. The van der Waals surface area contributed by atoms with Gasteiger partial charge in [-0.15, -0.1) is 0 Å². The van der Waals surface area contributed by atoms with Crippen LogP contribution in [0, 0.1) is 28.5 Å². The maximum Gasteiger partial charge on any atom is 0.476 e. The molecule has 0 aliphatic carbocycles. The number of rotatable bonds is 10. The topological polar surface area (TPSA) is 152 Å². The molecule has 3 rings (SSSR count). The molecule has 0 radical (unpaired) electrons. The number of carbonyl (C=O) groups excluding carboxylic acids is 1. The van der Waals surface area contributed by atoms with Crippen molar-refractivity contribution in [1.82, 2.24) is 4.98 Å². The van der Waals surface area contributed by atoms with Crippen LogP contribution >= 0.6 is 19.6 Å². The van der Waals surface area contributed by atoms with Gasteiger partial charge in [-0.25, -0.2) is 13.9 Å². The minimum atomic E-state index is -3.99. The first kappa shape index (κ1) is 33.5. The third-order valence-electron chi connectivity index (χ3n) is 5.98. The van der Waals surface area contributed by atoms with E-state index in [1.807, 2.05) is 11.8 Å². The van der Waals surface area contributed by atoms with Gasteiger partial charge in [0.1, 0.15) is 34.0 Å². The fourth-order valence-corrected chi connectivity index (χ4v) is 7.52. The van der Waals surface area contributed by atoms with Gasteiger partial charge in [-0.1, -0.05) is 30.8 Å². The molecule has 1 amide bonds. The van der Waals surface area contributed by atoms with Crippen molar-refractivity contribution in [3.8, 4) is 12.1 Å². The molecule has 0 bridgehead atoms. The number of hydrogen-bond acceptors (Lipinski definition) is 10. The minimum absolute atomic E-state index is 0.171. The van der Waals surface area contributed by atoms with Gasteiger partial charge in [0.2, 0.25) is 5.91 Å². The molecular formula is C29H37FN5O5PS. The zero-order chi connectivity index (χ0) is 31.5. The first-order valence-electron chi connectivity index (χ1n) is 13.5. The molecule has 1 aromatic heterocycles. The first-order chi connectivity index (χ1) is 19.5. The third-order valence-corrected chi connectivity index (χ3v) is 9.34. The highest BCUT2D eigenvalue weighted by atomic mass is 32.2. The highest BCUT2D eigenvalue weighted by Crippen LogP contribution is 2.57. The lowest BCUT2D eigenvalue weighted by molar-refractivity contribution is -0.117. The van der Waals surface area contributed by atoms with Gasteiger partial charge in [0.05, 0.1) is 28.4 Å². The van der Waals surface area contributed by atoms with E-state index < -0.39 is 42.1 Å².